The smallest absolute Gasteiger partial charge is 0.321 e. The van der Waals surface area contributed by atoms with E-state index in [-0.39, 0.29) is 11.9 Å². The Kier molecular flexibility index (Phi) is 6.12. The number of piperidine rings is 1. The molecule has 5 heteroatoms. The zero-order valence-electron chi connectivity index (χ0n) is 16.0. The van der Waals surface area contributed by atoms with E-state index in [1.807, 2.05) is 43.0 Å². The van der Waals surface area contributed by atoms with Crippen LogP contribution >= 0.6 is 0 Å². The molecule has 0 unspecified atom stereocenters. The van der Waals surface area contributed by atoms with Crippen molar-refractivity contribution in [3.63, 3.8) is 0 Å². The number of carbonyl (C=O) groups excluding carboxylic acids is 2. The van der Waals surface area contributed by atoms with E-state index in [4.69, 9.17) is 0 Å². The van der Waals surface area contributed by atoms with Gasteiger partial charge in [-0.2, -0.15) is 0 Å². The zero-order valence-corrected chi connectivity index (χ0v) is 16.0. The molecule has 0 spiro atoms. The molecule has 3 rings (SSSR count). The average molecular weight is 365 g/mol. The van der Waals surface area contributed by atoms with Crippen molar-refractivity contribution in [3.05, 3.63) is 65.2 Å². The largest absolute Gasteiger partial charge is 0.352 e. The van der Waals surface area contributed by atoms with Gasteiger partial charge in [-0.3, -0.25) is 4.79 Å². The monoisotopic (exact) mass is 365 g/mol. The molecule has 1 aliphatic heterocycles. The highest BCUT2D eigenvalue weighted by molar-refractivity contribution is 5.97. The van der Waals surface area contributed by atoms with Gasteiger partial charge in [-0.15, -0.1) is 0 Å². The summed E-state index contributed by atoms with van der Waals surface area (Å²) in [5.41, 5.74) is 3.46. The summed E-state index contributed by atoms with van der Waals surface area (Å²) in [5.74, 6) is 0.239. The lowest BCUT2D eigenvalue weighted by Gasteiger charge is -2.33. The van der Waals surface area contributed by atoms with Gasteiger partial charge in [0.25, 0.3) is 5.91 Å². The number of anilines is 1. The maximum absolute atomic E-state index is 12.8. The van der Waals surface area contributed by atoms with Crippen LogP contribution in [-0.2, 0) is 0 Å². The van der Waals surface area contributed by atoms with Crippen LogP contribution < -0.4 is 10.6 Å². The Balaban J connectivity index is 1.69. The van der Waals surface area contributed by atoms with Gasteiger partial charge in [-0.1, -0.05) is 36.4 Å². The van der Waals surface area contributed by atoms with Crippen molar-refractivity contribution < 1.29 is 9.59 Å². The summed E-state index contributed by atoms with van der Waals surface area (Å²) in [6.07, 6.45) is 2.09. The fourth-order valence-corrected chi connectivity index (χ4v) is 3.51. The number of benzene rings is 2. The average Bonchev–Trinajstić information content (AvgIpc) is 2.70. The Labute approximate surface area is 160 Å². The van der Waals surface area contributed by atoms with E-state index in [2.05, 4.69) is 22.8 Å². The number of hydrogen-bond acceptors (Lipinski definition) is 2. The predicted molar refractivity (Wildman–Crippen MR) is 108 cm³/mol. The maximum atomic E-state index is 12.8. The Morgan fingerprint density at radius 1 is 1.15 bits per heavy atom. The van der Waals surface area contributed by atoms with Crippen molar-refractivity contribution >= 4 is 17.6 Å². The molecule has 1 aliphatic rings. The van der Waals surface area contributed by atoms with Crippen LogP contribution in [0.4, 0.5) is 10.5 Å². The van der Waals surface area contributed by atoms with E-state index in [1.54, 1.807) is 12.1 Å². The van der Waals surface area contributed by atoms with E-state index in [9.17, 15) is 9.59 Å². The minimum atomic E-state index is -0.130. The lowest BCUT2D eigenvalue weighted by atomic mass is 9.91. The Morgan fingerprint density at radius 3 is 2.67 bits per heavy atom. The summed E-state index contributed by atoms with van der Waals surface area (Å²) in [5, 5.41) is 5.78. The van der Waals surface area contributed by atoms with Crippen molar-refractivity contribution in [2.75, 3.05) is 25.0 Å². The van der Waals surface area contributed by atoms with Gasteiger partial charge in [-0.05, 0) is 49.9 Å². The molecular weight excluding hydrogens is 338 g/mol. The topological polar surface area (TPSA) is 61.4 Å². The number of carbonyl (C=O) groups is 2. The van der Waals surface area contributed by atoms with Crippen LogP contribution in [0.2, 0.25) is 0 Å². The first-order chi connectivity index (χ1) is 13.1. The molecule has 1 saturated heterocycles. The number of rotatable bonds is 4. The van der Waals surface area contributed by atoms with Gasteiger partial charge < -0.3 is 15.5 Å². The molecule has 0 saturated carbocycles. The third kappa shape index (κ3) is 4.67. The first-order valence-corrected chi connectivity index (χ1v) is 9.58. The van der Waals surface area contributed by atoms with E-state index in [0.717, 1.165) is 24.9 Å². The molecule has 0 aromatic heterocycles. The number of urea groups is 1. The van der Waals surface area contributed by atoms with Gasteiger partial charge in [0, 0.05) is 36.8 Å². The van der Waals surface area contributed by atoms with Gasteiger partial charge >= 0.3 is 6.03 Å². The van der Waals surface area contributed by atoms with Gasteiger partial charge in [0.1, 0.15) is 0 Å². The molecular formula is C22H27N3O2. The first kappa shape index (κ1) is 19.0. The first-order valence-electron chi connectivity index (χ1n) is 9.58. The normalized spacial score (nSPS) is 16.7. The maximum Gasteiger partial charge on any atom is 0.321 e. The van der Waals surface area contributed by atoms with Gasteiger partial charge in [0.2, 0.25) is 0 Å². The second-order valence-corrected chi connectivity index (χ2v) is 7.02. The standard InChI is InChI=1S/C22H27N3O2/c1-3-23-21(26)18-12-11-16(2)20(14-18)24-22(27)25-13-7-10-19(15-25)17-8-5-4-6-9-17/h4-6,8-9,11-12,14,19H,3,7,10,13,15H2,1-2H3,(H,23,26)(H,24,27)/t19-/m0/s1. The number of likely N-dealkylation sites (tertiary alicyclic amines) is 1. The molecule has 0 radical (unpaired) electrons. The fraction of sp³-hybridized carbons (Fsp3) is 0.364. The molecule has 1 heterocycles. The number of amides is 3. The van der Waals surface area contributed by atoms with Crippen molar-refractivity contribution in [2.45, 2.75) is 32.6 Å². The van der Waals surface area contributed by atoms with Crippen LogP contribution in [0.5, 0.6) is 0 Å². The Morgan fingerprint density at radius 2 is 1.93 bits per heavy atom. The van der Waals surface area contributed by atoms with Crippen molar-refractivity contribution in [3.8, 4) is 0 Å². The quantitative estimate of drug-likeness (QED) is 0.855. The van der Waals surface area contributed by atoms with E-state index < -0.39 is 0 Å². The summed E-state index contributed by atoms with van der Waals surface area (Å²) in [4.78, 5) is 26.8. The third-order valence-corrected chi connectivity index (χ3v) is 5.06. The molecule has 2 aromatic rings. The van der Waals surface area contributed by atoms with Crippen LogP contribution in [0, 0.1) is 6.92 Å². The summed E-state index contributed by atoms with van der Waals surface area (Å²) >= 11 is 0. The molecule has 1 fully saturated rings. The molecule has 0 bridgehead atoms. The van der Waals surface area contributed by atoms with Crippen LogP contribution in [0.3, 0.4) is 0 Å². The Hall–Kier alpha value is -2.82. The third-order valence-electron chi connectivity index (χ3n) is 5.06. The van der Waals surface area contributed by atoms with Crippen LogP contribution in [-0.4, -0.2) is 36.5 Å². The summed E-state index contributed by atoms with van der Waals surface area (Å²) < 4.78 is 0. The lowest BCUT2D eigenvalue weighted by Crippen LogP contribution is -2.41. The predicted octanol–water partition coefficient (Wildman–Crippen LogP) is 4.16. The minimum Gasteiger partial charge on any atom is -0.352 e. The Bertz CT molecular complexity index is 804. The highest BCUT2D eigenvalue weighted by Crippen LogP contribution is 2.27. The lowest BCUT2D eigenvalue weighted by molar-refractivity contribution is 0.0956. The molecule has 2 aromatic carbocycles. The molecule has 27 heavy (non-hydrogen) atoms. The highest BCUT2D eigenvalue weighted by Gasteiger charge is 2.25. The summed E-state index contributed by atoms with van der Waals surface area (Å²) in [7, 11) is 0. The van der Waals surface area contributed by atoms with E-state index >= 15 is 0 Å². The molecule has 5 nitrogen and oxygen atoms in total. The summed E-state index contributed by atoms with van der Waals surface area (Å²) in [6, 6.07) is 15.7. The number of aryl methyl sites for hydroxylation is 1. The van der Waals surface area contributed by atoms with Crippen molar-refractivity contribution in [2.24, 2.45) is 0 Å². The highest BCUT2D eigenvalue weighted by atomic mass is 16.2. The van der Waals surface area contributed by atoms with Crippen LogP contribution in [0.25, 0.3) is 0 Å². The molecule has 142 valence electrons. The summed E-state index contributed by atoms with van der Waals surface area (Å²) in [6.45, 7) is 5.85. The van der Waals surface area contributed by atoms with Crippen molar-refractivity contribution in [1.29, 1.82) is 0 Å². The number of hydrogen-bond donors (Lipinski definition) is 2. The second-order valence-electron chi connectivity index (χ2n) is 7.02. The molecule has 1 atom stereocenters. The van der Waals surface area contributed by atoms with Crippen LogP contribution in [0.1, 0.15) is 47.2 Å². The fourth-order valence-electron chi connectivity index (χ4n) is 3.51. The second kappa shape index (κ2) is 8.71. The van der Waals surface area contributed by atoms with Gasteiger partial charge in [-0.25, -0.2) is 4.79 Å². The molecule has 3 amide bonds. The molecule has 0 aliphatic carbocycles. The van der Waals surface area contributed by atoms with E-state index in [1.165, 1.54) is 5.56 Å². The number of nitrogens with one attached hydrogen (secondary N) is 2. The SMILES string of the molecule is CCNC(=O)c1ccc(C)c(NC(=O)N2CCC[C@H](c3ccccc3)C2)c1. The van der Waals surface area contributed by atoms with Gasteiger partial charge in [0.15, 0.2) is 0 Å². The van der Waals surface area contributed by atoms with Crippen molar-refractivity contribution in [1.82, 2.24) is 10.2 Å². The van der Waals surface area contributed by atoms with Crippen LogP contribution in [0.15, 0.2) is 48.5 Å². The molecule has 2 N–H and O–H groups in total. The zero-order chi connectivity index (χ0) is 19.2. The number of nitrogens with zero attached hydrogens (tertiary/aromatic N) is 1. The minimum absolute atomic E-state index is 0.105. The van der Waals surface area contributed by atoms with E-state index in [0.29, 0.717) is 30.3 Å². The van der Waals surface area contributed by atoms with Gasteiger partial charge in [0.05, 0.1) is 0 Å².